The van der Waals surface area contributed by atoms with Crippen LogP contribution in [0.4, 0.5) is 5.69 Å². The van der Waals surface area contributed by atoms with Crippen LogP contribution in [0.15, 0.2) is 24.5 Å². The van der Waals surface area contributed by atoms with Gasteiger partial charge in [-0.2, -0.15) is 4.57 Å². The van der Waals surface area contributed by atoms with Crippen LogP contribution >= 0.6 is 0 Å². The fourth-order valence-corrected chi connectivity index (χ4v) is 1.37. The fraction of sp³-hybridized carbons (Fsp3) is 0.500. The highest BCUT2D eigenvalue weighted by molar-refractivity contribution is 5.74. The molecule has 0 radical (unpaired) electrons. The van der Waals surface area contributed by atoms with Gasteiger partial charge in [-0.15, -0.1) is 0 Å². The molecular weight excluding hydrogens is 218 g/mol. The van der Waals surface area contributed by atoms with Gasteiger partial charge in [0, 0.05) is 45.6 Å². The number of aromatic nitrogens is 1. The summed E-state index contributed by atoms with van der Waals surface area (Å²) in [6, 6.07) is 3.95. The molecule has 0 bridgehead atoms. The van der Waals surface area contributed by atoms with Crippen molar-refractivity contribution in [2.75, 3.05) is 39.3 Å². The van der Waals surface area contributed by atoms with Crippen molar-refractivity contribution >= 4 is 11.6 Å². The molecule has 0 unspecified atom stereocenters. The number of nitrogens with zero attached hydrogens (tertiary/aromatic N) is 2. The van der Waals surface area contributed by atoms with Crippen molar-refractivity contribution in [1.82, 2.24) is 5.32 Å². The first kappa shape index (κ1) is 13.4. The molecule has 1 rings (SSSR count). The quantitative estimate of drug-likeness (QED) is 0.551. The van der Waals surface area contributed by atoms with Crippen molar-refractivity contribution in [3.05, 3.63) is 24.5 Å². The number of amides is 1. The Morgan fingerprint density at radius 1 is 1.41 bits per heavy atom. The van der Waals surface area contributed by atoms with E-state index >= 15 is 0 Å². The van der Waals surface area contributed by atoms with Crippen LogP contribution in [0.1, 0.15) is 0 Å². The highest BCUT2D eigenvalue weighted by atomic mass is 16.5. The van der Waals surface area contributed by atoms with Gasteiger partial charge in [-0.25, -0.2) is 0 Å². The second-order valence-electron chi connectivity index (χ2n) is 3.97. The van der Waals surface area contributed by atoms with Crippen molar-refractivity contribution in [2.24, 2.45) is 0 Å². The van der Waals surface area contributed by atoms with Crippen molar-refractivity contribution in [2.45, 2.75) is 6.54 Å². The molecule has 1 amide bonds. The lowest BCUT2D eigenvalue weighted by Gasteiger charge is -2.10. The third-order valence-electron chi connectivity index (χ3n) is 2.34. The molecule has 0 aromatic carbocycles. The lowest BCUT2D eigenvalue weighted by Crippen LogP contribution is -2.43. The Hall–Kier alpha value is -1.62. The number of carbonyl (C=O) groups is 1. The molecule has 0 aliphatic carbocycles. The first-order valence-corrected chi connectivity index (χ1v) is 5.55. The zero-order chi connectivity index (χ0) is 12.7. The summed E-state index contributed by atoms with van der Waals surface area (Å²) < 4.78 is 6.70. The van der Waals surface area contributed by atoms with Gasteiger partial charge in [-0.3, -0.25) is 4.79 Å². The minimum Gasteiger partial charge on any atom is -0.383 e. The number of ether oxygens (including phenoxy) is 1. The van der Waals surface area contributed by atoms with Gasteiger partial charge in [0.1, 0.15) is 0 Å². The Morgan fingerprint density at radius 2 is 2.06 bits per heavy atom. The largest absolute Gasteiger partial charge is 0.383 e. The second-order valence-corrected chi connectivity index (χ2v) is 3.97. The maximum atomic E-state index is 11.5. The molecule has 5 heteroatoms. The van der Waals surface area contributed by atoms with Gasteiger partial charge in [0.05, 0.1) is 6.61 Å². The summed E-state index contributed by atoms with van der Waals surface area (Å²) in [4.78, 5) is 13.5. The third-order valence-corrected chi connectivity index (χ3v) is 2.34. The topological polar surface area (TPSA) is 45.5 Å². The standard InChI is InChI=1S/C12H19N3O2/c1-14(2)11-4-7-15(8-5-11)10-12(16)13-6-9-17-3/h4-5,7-8H,6,9-10H2,1-3H3/p+1. The monoisotopic (exact) mass is 238 g/mol. The van der Waals surface area contributed by atoms with E-state index in [0.717, 1.165) is 5.69 Å². The van der Waals surface area contributed by atoms with E-state index < -0.39 is 0 Å². The Morgan fingerprint density at radius 3 is 2.59 bits per heavy atom. The van der Waals surface area contributed by atoms with E-state index in [4.69, 9.17) is 4.74 Å². The molecule has 94 valence electrons. The van der Waals surface area contributed by atoms with E-state index in [0.29, 0.717) is 19.7 Å². The normalized spacial score (nSPS) is 10.1. The van der Waals surface area contributed by atoms with Gasteiger partial charge in [0.2, 0.25) is 6.54 Å². The molecule has 0 atom stereocenters. The number of anilines is 1. The summed E-state index contributed by atoms with van der Waals surface area (Å²) >= 11 is 0. The van der Waals surface area contributed by atoms with Crippen LogP contribution in [0.5, 0.6) is 0 Å². The van der Waals surface area contributed by atoms with Gasteiger partial charge < -0.3 is 15.0 Å². The van der Waals surface area contributed by atoms with Crippen molar-refractivity contribution < 1.29 is 14.1 Å². The number of methoxy groups -OCH3 is 1. The SMILES string of the molecule is COCCNC(=O)C[n+]1ccc(N(C)C)cc1. The van der Waals surface area contributed by atoms with Crippen LogP contribution in [-0.2, 0) is 16.1 Å². The summed E-state index contributed by atoms with van der Waals surface area (Å²) in [5, 5.41) is 2.77. The van der Waals surface area contributed by atoms with Gasteiger partial charge in [-0.05, 0) is 0 Å². The van der Waals surface area contributed by atoms with Gasteiger partial charge in [0.15, 0.2) is 12.4 Å². The summed E-state index contributed by atoms with van der Waals surface area (Å²) in [5.74, 6) is -0.00958. The predicted molar refractivity (Wildman–Crippen MR) is 65.8 cm³/mol. The molecule has 1 aromatic rings. The van der Waals surface area contributed by atoms with Gasteiger partial charge in [-0.1, -0.05) is 0 Å². The molecule has 1 heterocycles. The van der Waals surface area contributed by atoms with E-state index in [1.54, 1.807) is 7.11 Å². The molecule has 0 fully saturated rings. The molecular formula is C12H20N3O2+. The number of rotatable bonds is 6. The summed E-state index contributed by atoms with van der Waals surface area (Å²) in [5.41, 5.74) is 1.11. The lowest BCUT2D eigenvalue weighted by atomic mass is 10.4. The molecule has 17 heavy (non-hydrogen) atoms. The summed E-state index contributed by atoms with van der Waals surface area (Å²) in [6.07, 6.45) is 3.79. The van der Waals surface area contributed by atoms with Crippen LogP contribution in [-0.4, -0.2) is 40.3 Å². The number of hydrogen-bond acceptors (Lipinski definition) is 3. The Bertz CT molecular complexity index is 349. The Kier molecular flexibility index (Phi) is 5.42. The molecule has 1 aromatic heterocycles. The molecule has 0 aliphatic rings. The third kappa shape index (κ3) is 4.82. The van der Waals surface area contributed by atoms with Crippen molar-refractivity contribution in [1.29, 1.82) is 0 Å². The summed E-state index contributed by atoms with van der Waals surface area (Å²) in [7, 11) is 5.58. The lowest BCUT2D eigenvalue weighted by molar-refractivity contribution is -0.684. The highest BCUT2D eigenvalue weighted by Gasteiger charge is 2.08. The van der Waals surface area contributed by atoms with E-state index in [9.17, 15) is 4.79 Å². The predicted octanol–water partition coefficient (Wildman–Crippen LogP) is -0.197. The van der Waals surface area contributed by atoms with Crippen LogP contribution < -0.4 is 14.8 Å². The average molecular weight is 238 g/mol. The van der Waals surface area contributed by atoms with Crippen molar-refractivity contribution in [3.8, 4) is 0 Å². The maximum absolute atomic E-state index is 11.5. The molecule has 5 nitrogen and oxygen atoms in total. The molecule has 0 saturated heterocycles. The fourth-order valence-electron chi connectivity index (χ4n) is 1.37. The van der Waals surface area contributed by atoms with E-state index in [1.807, 2.05) is 48.1 Å². The van der Waals surface area contributed by atoms with Crippen molar-refractivity contribution in [3.63, 3.8) is 0 Å². The van der Waals surface area contributed by atoms with Gasteiger partial charge in [0.25, 0.3) is 5.91 Å². The molecule has 1 N–H and O–H groups in total. The highest BCUT2D eigenvalue weighted by Crippen LogP contribution is 2.05. The van der Waals surface area contributed by atoms with Gasteiger partial charge >= 0.3 is 0 Å². The molecule has 0 aliphatic heterocycles. The summed E-state index contributed by atoms with van der Waals surface area (Å²) in [6.45, 7) is 1.42. The maximum Gasteiger partial charge on any atom is 0.286 e. The Balaban J connectivity index is 2.43. The zero-order valence-corrected chi connectivity index (χ0v) is 10.6. The number of nitrogens with one attached hydrogen (secondary N) is 1. The first-order valence-electron chi connectivity index (χ1n) is 5.55. The average Bonchev–Trinajstić information content (AvgIpc) is 2.30. The second kappa shape index (κ2) is 6.85. The van der Waals surface area contributed by atoms with Crippen LogP contribution in [0.3, 0.4) is 0 Å². The Labute approximate surface area is 102 Å². The van der Waals surface area contributed by atoms with E-state index in [2.05, 4.69) is 5.32 Å². The van der Waals surface area contributed by atoms with E-state index in [-0.39, 0.29) is 5.91 Å². The van der Waals surface area contributed by atoms with Crippen LogP contribution in [0.2, 0.25) is 0 Å². The smallest absolute Gasteiger partial charge is 0.286 e. The van der Waals surface area contributed by atoms with Crippen LogP contribution in [0.25, 0.3) is 0 Å². The molecule has 0 saturated carbocycles. The number of pyridine rings is 1. The van der Waals surface area contributed by atoms with Crippen LogP contribution in [0, 0.1) is 0 Å². The number of hydrogen-bond donors (Lipinski definition) is 1. The minimum absolute atomic E-state index is 0.00958. The van der Waals surface area contributed by atoms with E-state index in [1.165, 1.54) is 0 Å². The zero-order valence-electron chi connectivity index (χ0n) is 10.6. The minimum atomic E-state index is -0.00958. The number of carbonyl (C=O) groups excluding carboxylic acids is 1. The first-order chi connectivity index (χ1) is 8.13. The molecule has 0 spiro atoms.